The van der Waals surface area contributed by atoms with Crippen LogP contribution in [0.4, 0.5) is 9.52 Å². The molecule has 0 aliphatic heterocycles. The Balaban J connectivity index is 1.94. The number of thiazole rings is 1. The van der Waals surface area contributed by atoms with Crippen LogP contribution in [0.3, 0.4) is 0 Å². The van der Waals surface area contributed by atoms with Gasteiger partial charge >= 0.3 is 0 Å². The molecule has 28 heavy (non-hydrogen) atoms. The van der Waals surface area contributed by atoms with Crippen LogP contribution in [-0.2, 0) is 0 Å². The molecule has 0 atom stereocenters. The molecule has 2 aromatic carbocycles. The highest BCUT2D eigenvalue weighted by molar-refractivity contribution is 7.22. The summed E-state index contributed by atoms with van der Waals surface area (Å²) < 4.78 is 19.5. The van der Waals surface area contributed by atoms with E-state index in [-0.39, 0.29) is 11.7 Å². The molecule has 5 nitrogen and oxygen atoms in total. The van der Waals surface area contributed by atoms with Gasteiger partial charge in [0.25, 0.3) is 5.91 Å². The third-order valence-electron chi connectivity index (χ3n) is 4.84. The summed E-state index contributed by atoms with van der Waals surface area (Å²) in [5, 5.41) is 0.643. The van der Waals surface area contributed by atoms with E-state index in [9.17, 15) is 9.18 Å². The van der Waals surface area contributed by atoms with Crippen LogP contribution in [0.25, 0.3) is 10.2 Å². The van der Waals surface area contributed by atoms with Crippen molar-refractivity contribution >= 4 is 32.6 Å². The number of aromatic nitrogens is 1. The van der Waals surface area contributed by atoms with Gasteiger partial charge in [0.2, 0.25) is 0 Å². The zero-order valence-corrected chi connectivity index (χ0v) is 17.2. The molecule has 0 saturated carbocycles. The van der Waals surface area contributed by atoms with Gasteiger partial charge in [0.1, 0.15) is 11.6 Å². The van der Waals surface area contributed by atoms with E-state index in [1.807, 2.05) is 18.2 Å². The van der Waals surface area contributed by atoms with Crippen molar-refractivity contribution in [1.82, 2.24) is 4.98 Å². The summed E-state index contributed by atoms with van der Waals surface area (Å²) in [5.74, 6) is 0.229. The van der Waals surface area contributed by atoms with Gasteiger partial charge in [0.15, 0.2) is 5.13 Å². The predicted molar refractivity (Wildman–Crippen MR) is 111 cm³/mol. The van der Waals surface area contributed by atoms with Gasteiger partial charge in [-0.15, -0.1) is 0 Å². The zero-order chi connectivity index (χ0) is 20.1. The second-order valence-electron chi connectivity index (χ2n) is 6.50. The van der Waals surface area contributed by atoms with Crippen LogP contribution in [0.15, 0.2) is 42.5 Å². The van der Waals surface area contributed by atoms with Crippen LogP contribution in [0, 0.1) is 5.82 Å². The minimum absolute atomic E-state index is 0.169. The number of carbonyl (C=O) groups is 1. The molecular formula is C21H25FN3O2S+. The molecule has 0 bridgehead atoms. The number of rotatable bonds is 8. The smallest absolute Gasteiger partial charge is 0.260 e. The monoisotopic (exact) mass is 402 g/mol. The maximum Gasteiger partial charge on any atom is 0.260 e. The fraction of sp³-hybridized carbons (Fsp3) is 0.333. The van der Waals surface area contributed by atoms with E-state index in [2.05, 4.69) is 18.8 Å². The number of hydrogen-bond acceptors (Lipinski definition) is 4. The average molecular weight is 403 g/mol. The summed E-state index contributed by atoms with van der Waals surface area (Å²) >= 11 is 1.46. The summed E-state index contributed by atoms with van der Waals surface area (Å²) in [6, 6.07) is 11.3. The lowest BCUT2D eigenvalue weighted by molar-refractivity contribution is -0.894. The molecule has 1 N–H and O–H groups in total. The lowest BCUT2D eigenvalue weighted by atomic mass is 10.2. The summed E-state index contributed by atoms with van der Waals surface area (Å²) in [7, 11) is 1.63. The highest BCUT2D eigenvalue weighted by Crippen LogP contribution is 2.32. The SMILES string of the molecule is CC[NH+](CC)CCN(C(=O)c1ccc(F)cc1)c1nc2ccc(OC)cc2s1. The fourth-order valence-corrected chi connectivity index (χ4v) is 4.06. The number of halogens is 1. The number of nitrogens with zero attached hydrogens (tertiary/aromatic N) is 2. The van der Waals surface area contributed by atoms with Crippen molar-refractivity contribution in [3.63, 3.8) is 0 Å². The quantitative estimate of drug-likeness (QED) is 0.630. The average Bonchev–Trinajstić information content (AvgIpc) is 3.14. The molecule has 0 aliphatic rings. The molecular weight excluding hydrogens is 377 g/mol. The van der Waals surface area contributed by atoms with E-state index in [4.69, 9.17) is 4.74 Å². The lowest BCUT2D eigenvalue weighted by Gasteiger charge is -2.23. The minimum Gasteiger partial charge on any atom is -0.497 e. The molecule has 0 saturated heterocycles. The van der Waals surface area contributed by atoms with Crippen LogP contribution < -0.4 is 14.5 Å². The summed E-state index contributed by atoms with van der Waals surface area (Å²) in [6.45, 7) is 7.62. The first-order chi connectivity index (χ1) is 13.5. The van der Waals surface area contributed by atoms with Crippen molar-refractivity contribution in [3.8, 4) is 5.75 Å². The van der Waals surface area contributed by atoms with Gasteiger partial charge in [0.05, 0.1) is 43.5 Å². The third kappa shape index (κ3) is 4.48. The highest BCUT2D eigenvalue weighted by Gasteiger charge is 2.23. The van der Waals surface area contributed by atoms with Crippen LogP contribution in [0.5, 0.6) is 5.75 Å². The molecule has 3 aromatic rings. The number of methoxy groups -OCH3 is 1. The highest BCUT2D eigenvalue weighted by atomic mass is 32.1. The lowest BCUT2D eigenvalue weighted by Crippen LogP contribution is -3.12. The first kappa shape index (κ1) is 20.2. The Morgan fingerprint density at radius 2 is 1.89 bits per heavy atom. The Labute approximate surface area is 168 Å². The van der Waals surface area contributed by atoms with Gasteiger partial charge in [-0.25, -0.2) is 9.37 Å². The Kier molecular flexibility index (Phi) is 6.59. The molecule has 1 aromatic heterocycles. The third-order valence-corrected chi connectivity index (χ3v) is 5.88. The van der Waals surface area contributed by atoms with Gasteiger partial charge in [-0.2, -0.15) is 0 Å². The summed E-state index contributed by atoms with van der Waals surface area (Å²) in [6.07, 6.45) is 0. The molecule has 3 rings (SSSR count). The molecule has 0 unspecified atom stereocenters. The standard InChI is InChI=1S/C21H24FN3O2S/c1-4-24(5-2)12-13-25(20(26)15-6-8-16(22)9-7-15)21-23-18-11-10-17(27-3)14-19(18)28-21/h6-11,14H,4-5,12-13H2,1-3H3/p+1. The predicted octanol–water partition coefficient (Wildman–Crippen LogP) is 3.02. The Morgan fingerprint density at radius 1 is 1.18 bits per heavy atom. The molecule has 0 fully saturated rings. The number of anilines is 1. The second kappa shape index (κ2) is 9.12. The first-order valence-corrected chi connectivity index (χ1v) is 10.2. The summed E-state index contributed by atoms with van der Waals surface area (Å²) in [5.41, 5.74) is 1.28. The maximum absolute atomic E-state index is 13.3. The summed E-state index contributed by atoms with van der Waals surface area (Å²) in [4.78, 5) is 21.0. The number of likely N-dealkylation sites (N-methyl/N-ethyl adjacent to an activating group) is 1. The van der Waals surface area contributed by atoms with Crippen molar-refractivity contribution in [1.29, 1.82) is 0 Å². The topological polar surface area (TPSA) is 46.9 Å². The molecule has 0 aliphatic carbocycles. The van der Waals surface area contributed by atoms with Gasteiger partial charge in [-0.05, 0) is 56.3 Å². The van der Waals surface area contributed by atoms with E-state index in [1.54, 1.807) is 12.0 Å². The van der Waals surface area contributed by atoms with Crippen LogP contribution in [0.1, 0.15) is 24.2 Å². The minimum atomic E-state index is -0.359. The van der Waals surface area contributed by atoms with Crippen LogP contribution in [-0.4, -0.2) is 44.2 Å². The largest absolute Gasteiger partial charge is 0.497 e. The maximum atomic E-state index is 13.3. The van der Waals surface area contributed by atoms with E-state index in [0.717, 1.165) is 35.6 Å². The zero-order valence-electron chi connectivity index (χ0n) is 16.4. The van der Waals surface area contributed by atoms with Crippen molar-refractivity contribution in [2.45, 2.75) is 13.8 Å². The van der Waals surface area contributed by atoms with Crippen molar-refractivity contribution in [3.05, 3.63) is 53.8 Å². The number of nitrogens with one attached hydrogen (secondary N) is 1. The molecule has 0 spiro atoms. The molecule has 148 valence electrons. The van der Waals surface area contributed by atoms with Crippen molar-refractivity contribution < 1.29 is 18.8 Å². The normalized spacial score (nSPS) is 11.2. The van der Waals surface area contributed by atoms with Gasteiger partial charge in [-0.3, -0.25) is 9.69 Å². The van der Waals surface area contributed by atoms with Crippen LogP contribution >= 0.6 is 11.3 Å². The van der Waals surface area contributed by atoms with Crippen molar-refractivity contribution in [2.24, 2.45) is 0 Å². The number of carbonyl (C=O) groups excluding carboxylic acids is 1. The fourth-order valence-electron chi connectivity index (χ4n) is 3.04. The molecule has 1 heterocycles. The Hall–Kier alpha value is -2.51. The second-order valence-corrected chi connectivity index (χ2v) is 7.51. The number of benzene rings is 2. The van der Waals surface area contributed by atoms with Gasteiger partial charge in [-0.1, -0.05) is 11.3 Å². The Morgan fingerprint density at radius 3 is 2.54 bits per heavy atom. The van der Waals surface area contributed by atoms with E-state index in [0.29, 0.717) is 17.2 Å². The van der Waals surface area contributed by atoms with Gasteiger partial charge in [0, 0.05) is 5.56 Å². The molecule has 0 radical (unpaired) electrons. The Bertz CT molecular complexity index is 938. The van der Waals surface area contributed by atoms with E-state index >= 15 is 0 Å². The number of ether oxygens (including phenoxy) is 1. The van der Waals surface area contributed by atoms with E-state index < -0.39 is 0 Å². The van der Waals surface area contributed by atoms with Gasteiger partial charge < -0.3 is 9.64 Å². The number of hydrogen-bond donors (Lipinski definition) is 1. The number of fused-ring (bicyclic) bond motifs is 1. The first-order valence-electron chi connectivity index (χ1n) is 9.41. The molecule has 1 amide bonds. The number of amides is 1. The van der Waals surface area contributed by atoms with Crippen LogP contribution in [0.2, 0.25) is 0 Å². The van der Waals surface area contributed by atoms with Crippen molar-refractivity contribution in [2.75, 3.05) is 38.2 Å². The number of quaternary nitrogens is 1. The van der Waals surface area contributed by atoms with E-state index in [1.165, 1.54) is 40.5 Å². The molecule has 7 heteroatoms.